The van der Waals surface area contributed by atoms with Crippen LogP contribution in [0.5, 0.6) is 0 Å². The van der Waals surface area contributed by atoms with Gasteiger partial charge in [-0.3, -0.25) is 4.79 Å². The Morgan fingerprint density at radius 2 is 1.80 bits per heavy atom. The highest BCUT2D eigenvalue weighted by Crippen LogP contribution is 2.32. The molecule has 4 nitrogen and oxygen atoms in total. The van der Waals surface area contributed by atoms with Gasteiger partial charge in [0, 0.05) is 23.6 Å². The highest BCUT2D eigenvalue weighted by Gasteiger charge is 2.21. The fraction of sp³-hybridized carbons (Fsp3) is 0.292. The third-order valence-corrected chi connectivity index (χ3v) is 5.34. The van der Waals surface area contributed by atoms with Gasteiger partial charge < -0.3 is 5.32 Å². The molecule has 1 aromatic heterocycles. The van der Waals surface area contributed by atoms with E-state index in [0.29, 0.717) is 44.9 Å². The second kappa shape index (κ2) is 10.6. The molecule has 1 N–H and O–H groups in total. The van der Waals surface area contributed by atoms with E-state index in [2.05, 4.69) is 34.3 Å². The number of hydrogen-bond donors (Lipinski definition) is 1. The molecular weight excluding hydrogens is 417 g/mol. The van der Waals surface area contributed by atoms with Gasteiger partial charge in [-0.2, -0.15) is 0 Å². The molecule has 0 bridgehead atoms. The van der Waals surface area contributed by atoms with Crippen LogP contribution in [-0.4, -0.2) is 22.4 Å². The summed E-state index contributed by atoms with van der Waals surface area (Å²) in [6, 6.07) is 15.4. The van der Waals surface area contributed by atoms with Crippen molar-refractivity contribution in [2.45, 2.75) is 39.5 Å². The van der Waals surface area contributed by atoms with Gasteiger partial charge in [0.05, 0.1) is 22.0 Å². The number of halogens is 2. The number of rotatable bonds is 8. The second-order valence-corrected chi connectivity index (χ2v) is 8.01. The highest BCUT2D eigenvalue weighted by molar-refractivity contribution is 6.36. The Morgan fingerprint density at radius 3 is 2.50 bits per heavy atom. The first-order chi connectivity index (χ1) is 14.5. The fourth-order valence-corrected chi connectivity index (χ4v) is 3.84. The van der Waals surface area contributed by atoms with E-state index >= 15 is 0 Å². The fourth-order valence-electron chi connectivity index (χ4n) is 3.34. The van der Waals surface area contributed by atoms with Crippen molar-refractivity contribution in [3.8, 4) is 11.3 Å². The van der Waals surface area contributed by atoms with E-state index < -0.39 is 0 Å². The van der Waals surface area contributed by atoms with Crippen LogP contribution in [0.15, 0.2) is 48.5 Å². The number of carbonyl (C=O) groups excluding carboxylic acids is 1. The van der Waals surface area contributed by atoms with Crippen molar-refractivity contribution in [2.24, 2.45) is 0 Å². The van der Waals surface area contributed by atoms with Crippen molar-refractivity contribution in [1.29, 1.82) is 0 Å². The topological polar surface area (TPSA) is 54.9 Å². The molecule has 3 aromatic rings. The molecule has 1 amide bonds. The van der Waals surface area contributed by atoms with Gasteiger partial charge in [0.15, 0.2) is 0 Å². The van der Waals surface area contributed by atoms with Crippen molar-refractivity contribution in [1.82, 2.24) is 15.3 Å². The van der Waals surface area contributed by atoms with Crippen LogP contribution in [0.2, 0.25) is 10.0 Å². The summed E-state index contributed by atoms with van der Waals surface area (Å²) in [4.78, 5) is 22.3. The van der Waals surface area contributed by atoms with Crippen LogP contribution in [0.4, 0.5) is 0 Å². The van der Waals surface area contributed by atoms with E-state index in [9.17, 15) is 4.79 Å². The Labute approximate surface area is 187 Å². The van der Waals surface area contributed by atoms with Gasteiger partial charge in [-0.25, -0.2) is 9.97 Å². The molecule has 1 heterocycles. The molecule has 30 heavy (non-hydrogen) atoms. The van der Waals surface area contributed by atoms with Crippen LogP contribution in [0.3, 0.4) is 0 Å². The first-order valence-electron chi connectivity index (χ1n) is 10.1. The smallest absolute Gasteiger partial charge is 0.255 e. The Kier molecular flexibility index (Phi) is 7.83. The molecule has 2 aromatic carbocycles. The van der Waals surface area contributed by atoms with Crippen LogP contribution in [0, 0.1) is 6.92 Å². The monoisotopic (exact) mass is 441 g/mol. The van der Waals surface area contributed by atoms with Crippen LogP contribution >= 0.6 is 23.2 Å². The van der Waals surface area contributed by atoms with Crippen LogP contribution < -0.4 is 5.32 Å². The molecule has 0 saturated carbocycles. The summed E-state index contributed by atoms with van der Waals surface area (Å²) in [6.45, 7) is 4.48. The molecule has 3 rings (SSSR count). The molecule has 0 unspecified atom stereocenters. The van der Waals surface area contributed by atoms with Gasteiger partial charge >= 0.3 is 0 Å². The summed E-state index contributed by atoms with van der Waals surface area (Å²) in [5.41, 5.74) is 3.59. The molecule has 0 saturated heterocycles. The number of benzene rings is 2. The third kappa shape index (κ3) is 5.59. The summed E-state index contributed by atoms with van der Waals surface area (Å²) >= 11 is 12.5. The van der Waals surface area contributed by atoms with Crippen molar-refractivity contribution in [2.75, 3.05) is 6.54 Å². The van der Waals surface area contributed by atoms with E-state index in [1.807, 2.05) is 25.1 Å². The van der Waals surface area contributed by atoms with Gasteiger partial charge in [0.25, 0.3) is 5.91 Å². The average Bonchev–Trinajstić information content (AvgIpc) is 2.72. The first-order valence-corrected chi connectivity index (χ1v) is 10.9. The number of nitrogens with zero attached hydrogens (tertiary/aromatic N) is 2. The van der Waals surface area contributed by atoms with Crippen LogP contribution in [0.1, 0.15) is 47.2 Å². The minimum atomic E-state index is -0.190. The Morgan fingerprint density at radius 1 is 1.03 bits per heavy atom. The lowest BCUT2D eigenvalue weighted by molar-refractivity contribution is 0.0952. The number of aryl methyl sites for hydroxylation is 3. The maximum absolute atomic E-state index is 13.1. The minimum absolute atomic E-state index is 0.190. The van der Waals surface area contributed by atoms with Crippen LogP contribution in [-0.2, 0) is 12.8 Å². The summed E-state index contributed by atoms with van der Waals surface area (Å²) in [5.74, 6) is 0.515. The van der Waals surface area contributed by atoms with Crippen LogP contribution in [0.25, 0.3) is 11.3 Å². The van der Waals surface area contributed by atoms with Crippen molar-refractivity contribution in [3.05, 3.63) is 81.2 Å². The quantitative estimate of drug-likeness (QED) is 0.431. The number of aromatic nitrogens is 2. The Balaban J connectivity index is 1.84. The van der Waals surface area contributed by atoms with E-state index in [-0.39, 0.29) is 5.91 Å². The van der Waals surface area contributed by atoms with E-state index in [1.54, 1.807) is 18.2 Å². The Hall–Kier alpha value is -2.43. The molecule has 0 fully saturated rings. The molecule has 156 valence electrons. The lowest BCUT2D eigenvalue weighted by Gasteiger charge is -2.15. The molecule has 0 aliphatic heterocycles. The first kappa shape index (κ1) is 22.3. The highest BCUT2D eigenvalue weighted by atomic mass is 35.5. The normalized spacial score (nSPS) is 10.8. The van der Waals surface area contributed by atoms with Gasteiger partial charge in [-0.15, -0.1) is 0 Å². The average molecular weight is 442 g/mol. The molecule has 6 heteroatoms. The standard InChI is InChI=1S/C24H25Cl2N3O/c1-3-8-21-28-16(2)22(23(29-21)19-13-12-18(25)15-20(19)26)24(30)27-14-7-11-17-9-5-4-6-10-17/h4-6,9-10,12-13,15H,3,7-8,11,14H2,1-2H3,(H,27,30). The summed E-state index contributed by atoms with van der Waals surface area (Å²) in [7, 11) is 0. The summed E-state index contributed by atoms with van der Waals surface area (Å²) < 4.78 is 0. The zero-order chi connectivity index (χ0) is 21.5. The van der Waals surface area contributed by atoms with Gasteiger partial charge in [0.1, 0.15) is 5.82 Å². The predicted octanol–water partition coefficient (Wildman–Crippen LogP) is 6.07. The largest absolute Gasteiger partial charge is 0.352 e. The molecule has 0 aliphatic rings. The third-order valence-electron chi connectivity index (χ3n) is 4.79. The number of nitrogens with one attached hydrogen (secondary N) is 1. The van der Waals surface area contributed by atoms with Crippen molar-refractivity contribution in [3.63, 3.8) is 0 Å². The number of amides is 1. The maximum Gasteiger partial charge on any atom is 0.255 e. The van der Waals surface area contributed by atoms with E-state index in [1.165, 1.54) is 5.56 Å². The predicted molar refractivity (Wildman–Crippen MR) is 123 cm³/mol. The summed E-state index contributed by atoms with van der Waals surface area (Å²) in [5, 5.41) is 4.01. The zero-order valence-electron chi connectivity index (χ0n) is 17.2. The lowest BCUT2D eigenvalue weighted by atomic mass is 10.0. The van der Waals surface area contributed by atoms with Crippen molar-refractivity contribution >= 4 is 29.1 Å². The van der Waals surface area contributed by atoms with Gasteiger partial charge in [-0.1, -0.05) is 60.5 Å². The summed E-state index contributed by atoms with van der Waals surface area (Å²) in [6.07, 6.45) is 3.40. The number of carbonyl (C=O) groups is 1. The van der Waals surface area contributed by atoms with E-state index in [4.69, 9.17) is 23.2 Å². The zero-order valence-corrected chi connectivity index (χ0v) is 18.7. The molecular formula is C24H25Cl2N3O. The van der Waals surface area contributed by atoms with Gasteiger partial charge in [0.2, 0.25) is 0 Å². The molecule has 0 spiro atoms. The second-order valence-electron chi connectivity index (χ2n) is 7.17. The lowest BCUT2D eigenvalue weighted by Crippen LogP contribution is -2.27. The Bertz CT molecular complexity index is 1020. The van der Waals surface area contributed by atoms with Crippen molar-refractivity contribution < 1.29 is 4.79 Å². The molecule has 0 aliphatic carbocycles. The minimum Gasteiger partial charge on any atom is -0.352 e. The SMILES string of the molecule is CCCc1nc(C)c(C(=O)NCCCc2ccccc2)c(-c2ccc(Cl)cc2Cl)n1. The number of hydrogen-bond acceptors (Lipinski definition) is 3. The van der Waals surface area contributed by atoms with E-state index in [0.717, 1.165) is 25.7 Å². The maximum atomic E-state index is 13.1. The van der Waals surface area contributed by atoms with Gasteiger partial charge in [-0.05, 0) is 49.9 Å². The molecule has 0 atom stereocenters. The molecule has 0 radical (unpaired) electrons.